The number of fused-ring (bicyclic) bond motifs is 2. The molecule has 0 aliphatic rings. The smallest absolute Gasteiger partial charge is 1.00 e. The van der Waals surface area contributed by atoms with Gasteiger partial charge in [-0.1, -0.05) is 30.3 Å². The molecular formula is C21H17Cl2CoN5. The average Bonchev–Trinajstić information content (AvgIpc) is 3.20. The molecule has 0 N–H and O–H groups in total. The molecule has 0 amide bonds. The maximum absolute atomic E-state index is 4.86. The minimum Gasteiger partial charge on any atom is -1.00 e. The van der Waals surface area contributed by atoms with Gasteiger partial charge < -0.3 is 33.9 Å². The maximum Gasteiger partial charge on any atom is 2.00 e. The number of nitrogens with zero attached hydrogens (tertiary/aromatic N) is 5. The van der Waals surface area contributed by atoms with Gasteiger partial charge in [-0.3, -0.25) is 0 Å². The monoisotopic (exact) mass is 468 g/mol. The number of aromatic nitrogens is 5. The topological polar surface area (TPSA) is 48.5 Å². The summed E-state index contributed by atoms with van der Waals surface area (Å²) in [5, 5.41) is 0. The fourth-order valence-corrected chi connectivity index (χ4v) is 3.43. The van der Waals surface area contributed by atoms with Crippen molar-refractivity contribution in [2.75, 3.05) is 0 Å². The Labute approximate surface area is 191 Å². The second-order valence-electron chi connectivity index (χ2n) is 6.37. The summed E-state index contributed by atoms with van der Waals surface area (Å²) in [5.41, 5.74) is 5.82. The number of rotatable bonds is 2. The van der Waals surface area contributed by atoms with Gasteiger partial charge in [0.15, 0.2) is 11.6 Å². The van der Waals surface area contributed by atoms with E-state index in [9.17, 15) is 0 Å². The standard InChI is InChI=1S/C21H17N5.2ClH.Co/c1-25-18-12-5-3-8-14(18)23-20(25)16-10-7-11-17(22-16)21-24-15-9-4-6-13-19(15)26(21)2;;;/h3-13H,1-2H3;2*1H;/q;;;+2/p-2. The molecule has 0 aliphatic carbocycles. The van der Waals surface area contributed by atoms with Crippen LogP contribution in [0.2, 0.25) is 0 Å². The number of para-hydroxylation sites is 4. The first-order valence-electron chi connectivity index (χ1n) is 8.53. The first-order chi connectivity index (χ1) is 12.7. The van der Waals surface area contributed by atoms with Gasteiger partial charge in [0.2, 0.25) is 0 Å². The fraction of sp³-hybridized carbons (Fsp3) is 0.0952. The summed E-state index contributed by atoms with van der Waals surface area (Å²) in [4.78, 5) is 14.4. The van der Waals surface area contributed by atoms with Gasteiger partial charge in [0.05, 0.1) is 22.1 Å². The second-order valence-corrected chi connectivity index (χ2v) is 6.37. The molecule has 5 nitrogen and oxygen atoms in total. The number of halogens is 2. The molecule has 0 bridgehead atoms. The van der Waals surface area contributed by atoms with E-state index in [1.165, 1.54) is 0 Å². The van der Waals surface area contributed by atoms with E-state index in [1.54, 1.807) is 0 Å². The van der Waals surface area contributed by atoms with Gasteiger partial charge >= 0.3 is 16.8 Å². The van der Waals surface area contributed by atoms with Gasteiger partial charge in [-0.05, 0) is 36.4 Å². The number of hydrogen-bond acceptors (Lipinski definition) is 3. The minimum atomic E-state index is 0. The Morgan fingerprint density at radius 2 is 0.966 bits per heavy atom. The molecule has 0 fully saturated rings. The van der Waals surface area contributed by atoms with Gasteiger partial charge in [-0.25, -0.2) is 15.0 Å². The van der Waals surface area contributed by atoms with Crippen LogP contribution in [0.15, 0.2) is 66.7 Å². The number of imidazole rings is 2. The molecule has 0 spiro atoms. The quantitative estimate of drug-likeness (QED) is 0.307. The summed E-state index contributed by atoms with van der Waals surface area (Å²) in [6, 6.07) is 22.2. The zero-order chi connectivity index (χ0) is 17.7. The molecule has 0 aliphatic heterocycles. The van der Waals surface area contributed by atoms with Crippen LogP contribution in [0.25, 0.3) is 45.1 Å². The molecule has 1 radical (unpaired) electrons. The van der Waals surface area contributed by atoms with Crippen LogP contribution in [0.5, 0.6) is 0 Å². The Kier molecular flexibility index (Phi) is 7.08. The molecule has 0 unspecified atom stereocenters. The Hall–Kier alpha value is -2.38. The summed E-state index contributed by atoms with van der Waals surface area (Å²) in [6.45, 7) is 0. The zero-order valence-corrected chi connectivity index (χ0v) is 18.2. The Bertz CT molecular complexity index is 1180. The predicted octanol–water partition coefficient (Wildman–Crippen LogP) is -1.81. The zero-order valence-electron chi connectivity index (χ0n) is 15.7. The first kappa shape index (κ1) is 22.9. The molecule has 5 aromatic rings. The van der Waals surface area contributed by atoms with Gasteiger partial charge in [0, 0.05) is 14.1 Å². The fourth-order valence-electron chi connectivity index (χ4n) is 3.43. The number of benzene rings is 2. The van der Waals surface area contributed by atoms with Crippen molar-refractivity contribution in [2.45, 2.75) is 0 Å². The normalized spacial score (nSPS) is 10.3. The largest absolute Gasteiger partial charge is 2.00 e. The van der Waals surface area contributed by atoms with Gasteiger partial charge in [0.25, 0.3) is 0 Å². The molecule has 3 heterocycles. The van der Waals surface area contributed by atoms with Crippen LogP contribution in [0.4, 0.5) is 0 Å². The van der Waals surface area contributed by atoms with Crippen molar-refractivity contribution >= 4 is 22.1 Å². The molecule has 2 aromatic carbocycles. The first-order valence-corrected chi connectivity index (χ1v) is 8.53. The molecule has 8 heteroatoms. The average molecular weight is 469 g/mol. The number of pyridine rings is 1. The van der Waals surface area contributed by atoms with Crippen LogP contribution in [-0.4, -0.2) is 24.1 Å². The van der Waals surface area contributed by atoms with E-state index in [0.717, 1.165) is 45.1 Å². The molecule has 0 atom stereocenters. The van der Waals surface area contributed by atoms with E-state index in [1.807, 2.05) is 68.7 Å². The Balaban J connectivity index is 0.000001000. The van der Waals surface area contributed by atoms with Crippen molar-refractivity contribution in [1.82, 2.24) is 24.1 Å². The Morgan fingerprint density at radius 1 is 0.552 bits per heavy atom. The van der Waals surface area contributed by atoms with E-state index in [4.69, 9.17) is 15.0 Å². The van der Waals surface area contributed by atoms with E-state index < -0.39 is 0 Å². The van der Waals surface area contributed by atoms with Crippen molar-refractivity contribution in [2.24, 2.45) is 14.1 Å². The minimum absolute atomic E-state index is 0. The molecule has 0 saturated carbocycles. The van der Waals surface area contributed by atoms with Crippen LogP contribution in [-0.2, 0) is 30.9 Å². The van der Waals surface area contributed by atoms with E-state index >= 15 is 0 Å². The SMILES string of the molecule is Cn1c(-c2cccc(-c3nc4ccccc4n3C)n2)nc2ccccc21.[Cl-].[Cl-].[Co+2]. The van der Waals surface area contributed by atoms with Crippen molar-refractivity contribution in [3.8, 4) is 23.0 Å². The summed E-state index contributed by atoms with van der Waals surface area (Å²) < 4.78 is 4.16. The van der Waals surface area contributed by atoms with Crippen LogP contribution < -0.4 is 24.8 Å². The Morgan fingerprint density at radius 3 is 1.38 bits per heavy atom. The summed E-state index contributed by atoms with van der Waals surface area (Å²) in [5.74, 6) is 1.71. The summed E-state index contributed by atoms with van der Waals surface area (Å²) in [6.07, 6.45) is 0. The molecule has 0 saturated heterocycles. The van der Waals surface area contributed by atoms with Crippen molar-refractivity contribution in [3.05, 3.63) is 66.7 Å². The third-order valence-corrected chi connectivity index (χ3v) is 4.78. The number of hydrogen-bond donors (Lipinski definition) is 0. The van der Waals surface area contributed by atoms with Crippen LogP contribution in [0.3, 0.4) is 0 Å². The van der Waals surface area contributed by atoms with E-state index in [-0.39, 0.29) is 41.6 Å². The number of aryl methyl sites for hydroxylation is 2. The molecular weight excluding hydrogens is 452 g/mol. The van der Waals surface area contributed by atoms with Crippen molar-refractivity contribution in [1.29, 1.82) is 0 Å². The van der Waals surface area contributed by atoms with Gasteiger partial charge in [0.1, 0.15) is 11.4 Å². The predicted molar refractivity (Wildman–Crippen MR) is 104 cm³/mol. The van der Waals surface area contributed by atoms with Crippen molar-refractivity contribution in [3.63, 3.8) is 0 Å². The summed E-state index contributed by atoms with van der Waals surface area (Å²) >= 11 is 0. The van der Waals surface area contributed by atoms with Crippen molar-refractivity contribution < 1.29 is 41.6 Å². The van der Waals surface area contributed by atoms with E-state index in [2.05, 4.69) is 21.3 Å². The third-order valence-electron chi connectivity index (χ3n) is 4.78. The summed E-state index contributed by atoms with van der Waals surface area (Å²) in [7, 11) is 4.04. The maximum atomic E-state index is 4.86. The van der Waals surface area contributed by atoms with Crippen LogP contribution >= 0.6 is 0 Å². The molecule has 3 aromatic heterocycles. The van der Waals surface area contributed by atoms with Gasteiger partial charge in [-0.2, -0.15) is 0 Å². The molecule has 5 rings (SSSR count). The van der Waals surface area contributed by atoms with Crippen LogP contribution in [0.1, 0.15) is 0 Å². The third kappa shape index (κ3) is 3.76. The van der Waals surface area contributed by atoms with Gasteiger partial charge in [-0.15, -0.1) is 0 Å². The molecule has 29 heavy (non-hydrogen) atoms. The second kappa shape index (κ2) is 8.96. The van der Waals surface area contributed by atoms with Crippen LogP contribution in [0, 0.1) is 0 Å². The molecule has 149 valence electrons. The van der Waals surface area contributed by atoms with E-state index in [0.29, 0.717) is 0 Å².